The predicted molar refractivity (Wildman–Crippen MR) is 95.6 cm³/mol. The van der Waals surface area contributed by atoms with E-state index in [9.17, 15) is 0 Å². The lowest BCUT2D eigenvalue weighted by molar-refractivity contribution is 1.39. The van der Waals surface area contributed by atoms with E-state index >= 15 is 0 Å². The summed E-state index contributed by atoms with van der Waals surface area (Å²) < 4.78 is 1.02. The van der Waals surface area contributed by atoms with Gasteiger partial charge in [0.2, 0.25) is 0 Å². The van der Waals surface area contributed by atoms with Gasteiger partial charge < -0.3 is 5.73 Å². The molecule has 0 fully saturated rings. The number of hydrogen-bond acceptors (Lipinski definition) is 3. The molecule has 2 aromatic carbocycles. The second kappa shape index (κ2) is 6.54. The number of para-hydroxylation sites is 2. The highest BCUT2D eigenvalue weighted by atomic mass is 79.9. The van der Waals surface area contributed by atoms with Gasteiger partial charge in [-0.3, -0.25) is 9.97 Å². The van der Waals surface area contributed by atoms with Crippen molar-refractivity contribution in [2.75, 3.05) is 5.73 Å². The van der Waals surface area contributed by atoms with Crippen molar-refractivity contribution in [1.29, 1.82) is 0 Å². The molecule has 0 saturated heterocycles. The Kier molecular flexibility index (Phi) is 4.30. The molecular formula is C18H14BrN3. The smallest absolute Gasteiger partial charge is 0.0703 e. The number of anilines is 1. The van der Waals surface area contributed by atoms with Crippen LogP contribution in [0.4, 0.5) is 5.69 Å². The Balaban J connectivity index is 0.000000131. The maximum atomic E-state index is 5.56. The van der Waals surface area contributed by atoms with Crippen LogP contribution in [-0.4, -0.2) is 9.97 Å². The summed E-state index contributed by atoms with van der Waals surface area (Å²) in [5, 5.41) is 2.26. The number of nitrogen functional groups attached to an aromatic ring is 1. The number of nitrogens with zero attached hydrogens (tertiary/aromatic N) is 2. The van der Waals surface area contributed by atoms with Crippen LogP contribution in [0.3, 0.4) is 0 Å². The molecule has 0 spiro atoms. The van der Waals surface area contributed by atoms with Gasteiger partial charge in [0.15, 0.2) is 0 Å². The van der Waals surface area contributed by atoms with Gasteiger partial charge in [0.05, 0.1) is 22.9 Å². The first-order valence-electron chi connectivity index (χ1n) is 6.83. The van der Waals surface area contributed by atoms with Crippen LogP contribution in [-0.2, 0) is 0 Å². The lowest BCUT2D eigenvalue weighted by Crippen LogP contribution is -1.85. The molecule has 0 bridgehead atoms. The quantitative estimate of drug-likeness (QED) is 0.494. The largest absolute Gasteiger partial charge is 0.397 e. The fourth-order valence-electron chi connectivity index (χ4n) is 2.13. The molecule has 0 radical (unpaired) electrons. The van der Waals surface area contributed by atoms with E-state index in [0.717, 1.165) is 20.9 Å². The van der Waals surface area contributed by atoms with Crippen LogP contribution in [0.5, 0.6) is 0 Å². The molecule has 0 unspecified atom stereocenters. The average Bonchev–Trinajstić information content (AvgIpc) is 2.55. The highest BCUT2D eigenvalue weighted by Crippen LogP contribution is 2.16. The Hall–Kier alpha value is -2.46. The third kappa shape index (κ3) is 3.40. The Morgan fingerprint density at radius 3 is 1.95 bits per heavy atom. The zero-order valence-electron chi connectivity index (χ0n) is 11.8. The zero-order chi connectivity index (χ0) is 15.4. The third-order valence-electron chi connectivity index (χ3n) is 3.17. The van der Waals surface area contributed by atoms with Crippen LogP contribution in [0.15, 0.2) is 77.5 Å². The molecule has 0 atom stereocenters. The second-order valence-corrected chi connectivity index (χ2v) is 5.72. The van der Waals surface area contributed by atoms with Crippen molar-refractivity contribution in [3.63, 3.8) is 0 Å². The summed E-state index contributed by atoms with van der Waals surface area (Å²) in [5.41, 5.74) is 8.30. The van der Waals surface area contributed by atoms with E-state index in [4.69, 9.17) is 5.73 Å². The average molecular weight is 352 g/mol. The van der Waals surface area contributed by atoms with Gasteiger partial charge in [0, 0.05) is 21.4 Å². The fraction of sp³-hybridized carbons (Fsp3) is 0. The molecule has 2 heterocycles. The Labute approximate surface area is 137 Å². The van der Waals surface area contributed by atoms with Gasteiger partial charge in [0.1, 0.15) is 0 Å². The third-order valence-corrected chi connectivity index (χ3v) is 3.60. The maximum absolute atomic E-state index is 5.56. The van der Waals surface area contributed by atoms with Crippen LogP contribution >= 0.6 is 15.9 Å². The number of halogens is 1. The lowest BCUT2D eigenvalue weighted by atomic mass is 10.2. The van der Waals surface area contributed by atoms with Gasteiger partial charge in [-0.25, -0.2) is 0 Å². The van der Waals surface area contributed by atoms with Gasteiger partial charge >= 0.3 is 0 Å². The first kappa shape index (κ1) is 14.5. The molecular weight excluding hydrogens is 338 g/mol. The fourth-order valence-corrected chi connectivity index (χ4v) is 2.48. The first-order chi connectivity index (χ1) is 10.7. The molecule has 108 valence electrons. The first-order valence-corrected chi connectivity index (χ1v) is 7.62. The molecule has 4 heteroatoms. The Morgan fingerprint density at radius 1 is 0.727 bits per heavy atom. The van der Waals surface area contributed by atoms with Crippen LogP contribution in [0, 0.1) is 0 Å². The summed E-state index contributed by atoms with van der Waals surface area (Å²) in [7, 11) is 0. The van der Waals surface area contributed by atoms with Crippen LogP contribution < -0.4 is 5.73 Å². The van der Waals surface area contributed by atoms with E-state index in [1.807, 2.05) is 60.8 Å². The summed E-state index contributed by atoms with van der Waals surface area (Å²) in [4.78, 5) is 8.39. The molecule has 0 aliphatic carbocycles. The zero-order valence-corrected chi connectivity index (χ0v) is 13.4. The van der Waals surface area contributed by atoms with E-state index in [-0.39, 0.29) is 0 Å². The summed E-state index contributed by atoms with van der Waals surface area (Å²) >= 11 is 3.37. The number of hydrogen-bond donors (Lipinski definition) is 1. The molecule has 0 aliphatic rings. The van der Waals surface area contributed by atoms with Crippen molar-refractivity contribution in [3.05, 3.63) is 77.5 Å². The Bertz CT molecular complexity index is 844. The van der Waals surface area contributed by atoms with E-state index < -0.39 is 0 Å². The van der Waals surface area contributed by atoms with Crippen molar-refractivity contribution in [2.24, 2.45) is 0 Å². The normalized spacial score (nSPS) is 10.2. The van der Waals surface area contributed by atoms with Crippen LogP contribution in [0.1, 0.15) is 0 Å². The maximum Gasteiger partial charge on any atom is 0.0703 e. The second-order valence-electron chi connectivity index (χ2n) is 4.81. The van der Waals surface area contributed by atoms with Crippen molar-refractivity contribution in [2.45, 2.75) is 0 Å². The molecule has 0 amide bonds. The monoisotopic (exact) mass is 351 g/mol. The molecule has 4 aromatic rings. The molecule has 4 rings (SSSR count). The van der Waals surface area contributed by atoms with Gasteiger partial charge in [0.25, 0.3) is 0 Å². The van der Waals surface area contributed by atoms with Gasteiger partial charge in [-0.15, -0.1) is 0 Å². The number of benzene rings is 2. The lowest BCUT2D eigenvalue weighted by Gasteiger charge is -1.95. The number of nitrogens with two attached hydrogens (primary N) is 1. The van der Waals surface area contributed by atoms with Gasteiger partial charge in [-0.05, 0) is 40.2 Å². The van der Waals surface area contributed by atoms with Gasteiger partial charge in [-0.2, -0.15) is 0 Å². The van der Waals surface area contributed by atoms with Crippen LogP contribution in [0.25, 0.3) is 21.8 Å². The highest BCUT2D eigenvalue weighted by molar-refractivity contribution is 9.10. The molecule has 3 nitrogen and oxygen atoms in total. The topological polar surface area (TPSA) is 51.8 Å². The van der Waals surface area contributed by atoms with Crippen molar-refractivity contribution in [1.82, 2.24) is 9.97 Å². The molecule has 2 N–H and O–H groups in total. The van der Waals surface area contributed by atoms with Crippen molar-refractivity contribution in [3.8, 4) is 0 Å². The summed E-state index contributed by atoms with van der Waals surface area (Å²) in [6.45, 7) is 0. The molecule has 22 heavy (non-hydrogen) atoms. The van der Waals surface area contributed by atoms with Crippen molar-refractivity contribution < 1.29 is 0 Å². The van der Waals surface area contributed by atoms with E-state index in [2.05, 4.69) is 32.0 Å². The van der Waals surface area contributed by atoms with E-state index in [1.165, 1.54) is 5.39 Å². The van der Waals surface area contributed by atoms with Gasteiger partial charge in [-0.1, -0.05) is 36.4 Å². The van der Waals surface area contributed by atoms with E-state index in [0.29, 0.717) is 5.69 Å². The molecule has 0 aliphatic heterocycles. The standard InChI is InChI=1S/C9H6BrN.C9H8N2/c2*10-8-5-7-3-1-2-4-9(7)11-6-8/h1-6H;1-6H,10H2. The Morgan fingerprint density at radius 2 is 1.27 bits per heavy atom. The number of rotatable bonds is 0. The predicted octanol–water partition coefficient (Wildman–Crippen LogP) is 4.81. The molecule has 0 saturated carbocycles. The minimum absolute atomic E-state index is 0.712. The summed E-state index contributed by atoms with van der Waals surface area (Å²) in [6.07, 6.45) is 3.48. The number of aromatic nitrogens is 2. The summed E-state index contributed by atoms with van der Waals surface area (Å²) in [6, 6.07) is 19.9. The SMILES string of the molecule is Brc1cnc2ccccc2c1.Nc1cnc2ccccc2c1. The van der Waals surface area contributed by atoms with Crippen LogP contribution in [0.2, 0.25) is 0 Å². The molecule has 2 aromatic heterocycles. The minimum atomic E-state index is 0.712. The minimum Gasteiger partial charge on any atom is -0.397 e. The number of pyridine rings is 2. The van der Waals surface area contributed by atoms with E-state index in [1.54, 1.807) is 6.20 Å². The summed E-state index contributed by atoms with van der Waals surface area (Å²) in [5.74, 6) is 0. The highest BCUT2D eigenvalue weighted by Gasteiger charge is 1.92. The van der Waals surface area contributed by atoms with Crippen molar-refractivity contribution >= 4 is 43.4 Å². The number of fused-ring (bicyclic) bond motifs is 2.